The van der Waals surface area contributed by atoms with Crippen molar-refractivity contribution in [3.05, 3.63) is 139 Å². The molecule has 17 nitrogen and oxygen atoms in total. The van der Waals surface area contributed by atoms with Gasteiger partial charge < -0.3 is 34.8 Å². The molecule has 4 N–H and O–H groups in total. The topological polar surface area (TPSA) is 227 Å². The van der Waals surface area contributed by atoms with Gasteiger partial charge in [-0.1, -0.05) is 56.0 Å². The van der Waals surface area contributed by atoms with Crippen molar-refractivity contribution in [3.8, 4) is 56.8 Å². The lowest BCUT2D eigenvalue weighted by Gasteiger charge is -2.21. The summed E-state index contributed by atoms with van der Waals surface area (Å²) in [5.74, 6) is 2.19. The molecule has 0 aliphatic rings. The standard InChI is InChI=1S/C23H25N3O6S.C23H25N3O5S.CH4/c1-23(2,3)24-22(27)25-33(29,30)21-15-26(28)13-12-20(21)32-19-7-5-6-17(14-19)16-8-10-18(31-4)11-9-16;1-23(2,3)25-22(27)26-32(28,29)21-15-24-13-12-20(21)31-19-7-5-6-17(14-19)16-8-10-18(30-4)11-9-16;/h5-15H,1-4H3,(H2,24,25,27);5-15H,1-4H3,(H2,25,26,27);1H4. The summed E-state index contributed by atoms with van der Waals surface area (Å²) >= 11 is 0. The van der Waals surface area contributed by atoms with Crippen LogP contribution in [0.15, 0.2) is 144 Å². The maximum atomic E-state index is 12.8. The monoisotopic (exact) mass is 942 g/mol. The molecule has 350 valence electrons. The van der Waals surface area contributed by atoms with Gasteiger partial charge in [-0.15, -0.1) is 0 Å². The maximum absolute atomic E-state index is 12.8. The molecule has 0 atom stereocenters. The van der Waals surface area contributed by atoms with Crippen LogP contribution in [0.3, 0.4) is 0 Å². The van der Waals surface area contributed by atoms with Gasteiger partial charge in [0, 0.05) is 29.4 Å². The van der Waals surface area contributed by atoms with Gasteiger partial charge in [-0.3, -0.25) is 4.98 Å². The van der Waals surface area contributed by atoms with Crippen LogP contribution in [0.5, 0.6) is 34.5 Å². The van der Waals surface area contributed by atoms with Crippen LogP contribution in [0, 0.1) is 5.21 Å². The number of carbonyl (C=O) groups excluding carboxylic acids is 2. The molecule has 2 heterocycles. The summed E-state index contributed by atoms with van der Waals surface area (Å²) in [6.07, 6.45) is 4.48. The SMILES string of the molecule is C.COc1ccc(-c2cccc(Oc3cc[n+]([O-])cc3S(=O)(=O)NC(=O)NC(C)(C)C)c2)cc1.COc1ccc(-c2cccc(Oc3ccncc3S(=O)(=O)NC(=O)NC(C)(C)C)c2)cc1. The van der Waals surface area contributed by atoms with E-state index in [1.165, 1.54) is 18.3 Å². The van der Waals surface area contributed by atoms with E-state index in [4.69, 9.17) is 18.9 Å². The van der Waals surface area contributed by atoms with Gasteiger partial charge in [-0.25, -0.2) is 35.9 Å². The Bertz CT molecular complexity index is 2850. The minimum absolute atomic E-state index is 0. The lowest BCUT2D eigenvalue weighted by Crippen LogP contribution is -2.48. The molecule has 6 aromatic rings. The Morgan fingerprint density at radius 2 is 1.00 bits per heavy atom. The van der Waals surface area contributed by atoms with Gasteiger partial charge in [-0.05, 0) is 112 Å². The Kier molecular flexibility index (Phi) is 16.7. The smallest absolute Gasteiger partial charge is 0.329 e. The van der Waals surface area contributed by atoms with Gasteiger partial charge in [0.15, 0.2) is 22.6 Å². The van der Waals surface area contributed by atoms with E-state index in [1.807, 2.05) is 70.1 Å². The first-order valence-electron chi connectivity index (χ1n) is 19.8. The van der Waals surface area contributed by atoms with Crippen molar-refractivity contribution in [3.63, 3.8) is 0 Å². The quantitative estimate of drug-likeness (QED) is 0.0669. The van der Waals surface area contributed by atoms with E-state index < -0.39 is 48.1 Å². The number of nitrogens with zero attached hydrogens (tertiary/aromatic N) is 2. The van der Waals surface area contributed by atoms with E-state index >= 15 is 0 Å². The third kappa shape index (κ3) is 14.8. The number of carbonyl (C=O) groups is 2. The number of urea groups is 2. The predicted molar refractivity (Wildman–Crippen MR) is 251 cm³/mol. The highest BCUT2D eigenvalue weighted by atomic mass is 32.2. The molecule has 0 saturated carbocycles. The summed E-state index contributed by atoms with van der Waals surface area (Å²) in [6.45, 7) is 10.3. The number of nitrogens with one attached hydrogen (secondary N) is 4. The predicted octanol–water partition coefficient (Wildman–Crippen LogP) is 8.55. The molecule has 0 aliphatic carbocycles. The molecule has 0 aliphatic heterocycles. The van der Waals surface area contributed by atoms with Gasteiger partial charge in [0.05, 0.1) is 20.4 Å². The van der Waals surface area contributed by atoms with E-state index in [2.05, 4.69) is 15.6 Å². The minimum atomic E-state index is -4.40. The molecular formula is C47H54N6O11S2. The van der Waals surface area contributed by atoms with Crippen LogP contribution in [-0.2, 0) is 20.0 Å². The average molecular weight is 943 g/mol. The first kappa shape index (κ1) is 51.3. The van der Waals surface area contributed by atoms with Crippen molar-refractivity contribution < 1.29 is 50.1 Å². The van der Waals surface area contributed by atoms with Crippen LogP contribution in [0.1, 0.15) is 49.0 Å². The van der Waals surface area contributed by atoms with E-state index in [-0.39, 0.29) is 23.8 Å². The van der Waals surface area contributed by atoms with Gasteiger partial charge in [0.1, 0.15) is 27.9 Å². The molecular weight excluding hydrogens is 889 g/mol. The Balaban J connectivity index is 0.000000284. The fraction of sp³-hybridized carbons (Fsp3) is 0.234. The number of methoxy groups -OCH3 is 2. The van der Waals surface area contributed by atoms with Crippen molar-refractivity contribution >= 4 is 32.1 Å². The van der Waals surface area contributed by atoms with E-state index in [0.717, 1.165) is 52.3 Å². The lowest BCUT2D eigenvalue weighted by atomic mass is 10.1. The summed E-state index contributed by atoms with van der Waals surface area (Å²) in [6, 6.07) is 30.1. The van der Waals surface area contributed by atoms with Crippen LogP contribution in [-0.4, -0.2) is 59.2 Å². The Morgan fingerprint density at radius 1 is 0.576 bits per heavy atom. The summed E-state index contributed by atoms with van der Waals surface area (Å²) in [5, 5.41) is 16.9. The molecule has 0 spiro atoms. The number of amides is 4. The summed E-state index contributed by atoms with van der Waals surface area (Å²) in [7, 11) is -5.42. The fourth-order valence-corrected chi connectivity index (χ4v) is 7.77. The number of aromatic nitrogens is 2. The van der Waals surface area contributed by atoms with Gasteiger partial charge in [0.2, 0.25) is 6.20 Å². The van der Waals surface area contributed by atoms with E-state index in [1.54, 1.807) is 92.2 Å². The summed E-state index contributed by atoms with van der Waals surface area (Å²) < 4.78 is 77.5. The van der Waals surface area contributed by atoms with Crippen molar-refractivity contribution in [2.45, 2.75) is 69.8 Å². The lowest BCUT2D eigenvalue weighted by molar-refractivity contribution is -0.607. The second-order valence-corrected chi connectivity index (χ2v) is 19.5. The van der Waals surface area contributed by atoms with Crippen LogP contribution >= 0.6 is 0 Å². The highest BCUT2D eigenvalue weighted by Crippen LogP contribution is 2.33. The molecule has 6 rings (SSSR count). The molecule has 66 heavy (non-hydrogen) atoms. The van der Waals surface area contributed by atoms with E-state index in [9.17, 15) is 31.6 Å². The van der Waals surface area contributed by atoms with Gasteiger partial charge >= 0.3 is 12.1 Å². The highest BCUT2D eigenvalue weighted by molar-refractivity contribution is 7.90. The molecule has 4 aromatic carbocycles. The first-order valence-corrected chi connectivity index (χ1v) is 22.7. The van der Waals surface area contributed by atoms with Crippen LogP contribution < -0.4 is 43.8 Å². The fourth-order valence-electron chi connectivity index (χ4n) is 5.77. The molecule has 0 radical (unpaired) electrons. The zero-order valence-corrected chi connectivity index (χ0v) is 38.5. The molecule has 0 saturated heterocycles. The first-order chi connectivity index (χ1) is 30.5. The third-order valence-corrected chi connectivity index (χ3v) is 11.3. The van der Waals surface area contributed by atoms with Crippen LogP contribution in [0.2, 0.25) is 0 Å². The summed E-state index contributed by atoms with van der Waals surface area (Å²) in [4.78, 5) is 27.4. The Morgan fingerprint density at radius 3 is 1.42 bits per heavy atom. The molecule has 0 unspecified atom stereocenters. The molecule has 0 bridgehead atoms. The van der Waals surface area contributed by atoms with Crippen molar-refractivity contribution in [1.82, 2.24) is 25.1 Å². The number of ether oxygens (including phenoxy) is 4. The minimum Gasteiger partial charge on any atom is -0.619 e. The second kappa shape index (κ2) is 21.5. The molecule has 4 amide bonds. The number of benzene rings is 4. The zero-order chi connectivity index (χ0) is 47.6. The average Bonchev–Trinajstić information content (AvgIpc) is 3.23. The normalized spacial score (nSPS) is 11.3. The van der Waals surface area contributed by atoms with Gasteiger partial charge in [0.25, 0.3) is 20.0 Å². The van der Waals surface area contributed by atoms with Crippen molar-refractivity contribution in [1.29, 1.82) is 0 Å². The highest BCUT2D eigenvalue weighted by Gasteiger charge is 2.28. The number of hydrogen-bond acceptors (Lipinski definition) is 12. The second-order valence-electron chi connectivity index (χ2n) is 16.2. The third-order valence-electron chi connectivity index (χ3n) is 8.59. The number of sulfonamides is 2. The number of rotatable bonds is 12. The molecule has 0 fully saturated rings. The zero-order valence-electron chi connectivity index (χ0n) is 36.9. The largest absolute Gasteiger partial charge is 0.619 e. The van der Waals surface area contributed by atoms with Crippen molar-refractivity contribution in [2.24, 2.45) is 0 Å². The van der Waals surface area contributed by atoms with Crippen molar-refractivity contribution in [2.75, 3.05) is 14.2 Å². The molecule has 19 heteroatoms. The Hall–Kier alpha value is -7.38. The Labute approximate surface area is 385 Å². The maximum Gasteiger partial charge on any atom is 0.329 e. The van der Waals surface area contributed by atoms with Crippen LogP contribution in [0.25, 0.3) is 22.3 Å². The molecule has 2 aromatic heterocycles. The number of pyridine rings is 2. The van der Waals surface area contributed by atoms with E-state index in [0.29, 0.717) is 16.2 Å². The number of hydrogen-bond donors (Lipinski definition) is 4. The van der Waals surface area contributed by atoms with Gasteiger partial charge in [-0.2, -0.15) is 4.73 Å². The van der Waals surface area contributed by atoms with Crippen LogP contribution in [0.4, 0.5) is 9.59 Å². The summed E-state index contributed by atoms with van der Waals surface area (Å²) in [5.41, 5.74) is 2.30.